The van der Waals surface area contributed by atoms with Crippen LogP contribution in [0, 0.1) is 6.92 Å². The minimum absolute atomic E-state index is 0.839. The molecule has 1 aliphatic rings. The van der Waals surface area contributed by atoms with Crippen LogP contribution in [0.2, 0.25) is 0 Å². The van der Waals surface area contributed by atoms with E-state index in [4.69, 9.17) is 4.74 Å². The molecule has 0 aliphatic carbocycles. The van der Waals surface area contributed by atoms with Crippen LogP contribution >= 0.6 is 0 Å². The molecule has 1 heterocycles. The first kappa shape index (κ1) is 10.6. The van der Waals surface area contributed by atoms with E-state index in [1.807, 2.05) is 0 Å². The predicted molar refractivity (Wildman–Crippen MR) is 71.7 cm³/mol. The van der Waals surface area contributed by atoms with Gasteiger partial charge in [-0.3, -0.25) is 0 Å². The maximum absolute atomic E-state index is 5.40. The maximum Gasteiger partial charge on any atom is 0.0642 e. The molecule has 0 amide bonds. The van der Waals surface area contributed by atoms with Crippen molar-refractivity contribution in [3.8, 4) is 0 Å². The molecule has 0 saturated carbocycles. The zero-order chi connectivity index (χ0) is 11.7. The molecule has 3 rings (SSSR count). The molecule has 17 heavy (non-hydrogen) atoms. The third-order valence-electron chi connectivity index (χ3n) is 3.43. The van der Waals surface area contributed by atoms with E-state index in [-0.39, 0.29) is 0 Å². The van der Waals surface area contributed by atoms with Crippen molar-refractivity contribution in [2.75, 3.05) is 31.2 Å². The van der Waals surface area contributed by atoms with Crippen LogP contribution in [0.5, 0.6) is 0 Å². The number of anilines is 1. The summed E-state index contributed by atoms with van der Waals surface area (Å²) >= 11 is 0. The van der Waals surface area contributed by atoms with Crippen LogP contribution in [0.1, 0.15) is 5.56 Å². The van der Waals surface area contributed by atoms with E-state index in [9.17, 15) is 0 Å². The molecule has 0 radical (unpaired) electrons. The summed E-state index contributed by atoms with van der Waals surface area (Å²) in [6, 6.07) is 13.1. The predicted octanol–water partition coefficient (Wildman–Crippen LogP) is 2.98. The highest BCUT2D eigenvalue weighted by Crippen LogP contribution is 2.26. The molecular formula is C15H17NO. The van der Waals surface area contributed by atoms with Crippen LogP contribution < -0.4 is 4.90 Å². The Morgan fingerprint density at radius 2 is 1.82 bits per heavy atom. The third-order valence-corrected chi connectivity index (χ3v) is 3.43. The fraction of sp³-hybridized carbons (Fsp3) is 0.333. The standard InChI is InChI=1S/C15H17NO/c1-12-10-14(16-6-8-17-9-7-16)11-13-4-2-3-5-15(12)13/h2-5,10-11H,6-9H2,1H3. The van der Waals surface area contributed by atoms with Gasteiger partial charge in [0.05, 0.1) is 13.2 Å². The number of ether oxygens (including phenoxy) is 1. The molecule has 0 unspecified atom stereocenters. The Labute approximate surface area is 102 Å². The largest absolute Gasteiger partial charge is 0.378 e. The second-order valence-electron chi connectivity index (χ2n) is 4.58. The number of aryl methyl sites for hydroxylation is 1. The molecule has 1 fully saturated rings. The van der Waals surface area contributed by atoms with E-state index in [2.05, 4.69) is 48.2 Å². The lowest BCUT2D eigenvalue weighted by atomic mass is 10.0. The number of hydrogen-bond donors (Lipinski definition) is 0. The molecular weight excluding hydrogens is 210 g/mol. The summed E-state index contributed by atoms with van der Waals surface area (Å²) in [6.45, 7) is 5.86. The lowest BCUT2D eigenvalue weighted by Crippen LogP contribution is -2.36. The molecule has 2 nitrogen and oxygen atoms in total. The van der Waals surface area contributed by atoms with Gasteiger partial charge in [0.1, 0.15) is 0 Å². The zero-order valence-corrected chi connectivity index (χ0v) is 10.1. The molecule has 0 N–H and O–H groups in total. The molecule has 88 valence electrons. The summed E-state index contributed by atoms with van der Waals surface area (Å²) in [4.78, 5) is 2.41. The highest BCUT2D eigenvalue weighted by atomic mass is 16.5. The van der Waals surface area contributed by atoms with Crippen molar-refractivity contribution in [3.63, 3.8) is 0 Å². The summed E-state index contributed by atoms with van der Waals surface area (Å²) in [5.41, 5.74) is 2.68. The van der Waals surface area contributed by atoms with Gasteiger partial charge >= 0.3 is 0 Å². The summed E-state index contributed by atoms with van der Waals surface area (Å²) in [7, 11) is 0. The summed E-state index contributed by atoms with van der Waals surface area (Å²) < 4.78 is 5.40. The second kappa shape index (κ2) is 4.38. The Balaban J connectivity index is 2.05. The maximum atomic E-state index is 5.40. The van der Waals surface area contributed by atoms with Gasteiger partial charge < -0.3 is 9.64 Å². The molecule has 0 atom stereocenters. The quantitative estimate of drug-likeness (QED) is 0.742. The second-order valence-corrected chi connectivity index (χ2v) is 4.58. The fourth-order valence-corrected chi connectivity index (χ4v) is 2.49. The van der Waals surface area contributed by atoms with Gasteiger partial charge in [-0.25, -0.2) is 0 Å². The Kier molecular flexibility index (Phi) is 2.73. The third kappa shape index (κ3) is 2.01. The number of hydrogen-bond acceptors (Lipinski definition) is 2. The zero-order valence-electron chi connectivity index (χ0n) is 10.1. The summed E-state index contributed by atoms with van der Waals surface area (Å²) in [6.07, 6.45) is 0. The van der Waals surface area contributed by atoms with Gasteiger partial charge in [0.15, 0.2) is 0 Å². The van der Waals surface area contributed by atoms with Gasteiger partial charge in [-0.2, -0.15) is 0 Å². The molecule has 2 aromatic carbocycles. The van der Waals surface area contributed by atoms with Gasteiger partial charge in [-0.1, -0.05) is 24.3 Å². The Morgan fingerprint density at radius 1 is 1.06 bits per heavy atom. The Bertz CT molecular complexity index is 529. The number of rotatable bonds is 1. The van der Waals surface area contributed by atoms with Crippen LogP contribution in [-0.4, -0.2) is 26.3 Å². The number of fused-ring (bicyclic) bond motifs is 1. The number of benzene rings is 2. The minimum Gasteiger partial charge on any atom is -0.378 e. The average Bonchev–Trinajstić information content (AvgIpc) is 2.40. The molecule has 0 spiro atoms. The van der Waals surface area contributed by atoms with E-state index in [1.54, 1.807) is 0 Å². The molecule has 1 saturated heterocycles. The van der Waals surface area contributed by atoms with E-state index in [0.717, 1.165) is 26.3 Å². The van der Waals surface area contributed by atoms with Crippen molar-refractivity contribution in [2.24, 2.45) is 0 Å². The first-order chi connectivity index (χ1) is 8.34. The van der Waals surface area contributed by atoms with Crippen molar-refractivity contribution >= 4 is 16.5 Å². The van der Waals surface area contributed by atoms with Crippen LogP contribution in [0.15, 0.2) is 36.4 Å². The smallest absolute Gasteiger partial charge is 0.0642 e. The fourth-order valence-electron chi connectivity index (χ4n) is 2.49. The molecule has 0 aromatic heterocycles. The molecule has 2 heteroatoms. The molecule has 1 aliphatic heterocycles. The van der Waals surface area contributed by atoms with Crippen LogP contribution in [-0.2, 0) is 4.74 Å². The van der Waals surface area contributed by atoms with Crippen LogP contribution in [0.25, 0.3) is 10.8 Å². The van der Waals surface area contributed by atoms with Gasteiger partial charge in [-0.05, 0) is 35.4 Å². The topological polar surface area (TPSA) is 12.5 Å². The summed E-state index contributed by atoms with van der Waals surface area (Å²) in [5.74, 6) is 0. The normalized spacial score (nSPS) is 16.4. The van der Waals surface area contributed by atoms with Crippen LogP contribution in [0.4, 0.5) is 5.69 Å². The monoisotopic (exact) mass is 227 g/mol. The lowest BCUT2D eigenvalue weighted by molar-refractivity contribution is 0.122. The van der Waals surface area contributed by atoms with Gasteiger partial charge in [0, 0.05) is 18.8 Å². The highest BCUT2D eigenvalue weighted by Gasteiger charge is 2.12. The number of morpholine rings is 1. The van der Waals surface area contributed by atoms with Crippen molar-refractivity contribution in [1.82, 2.24) is 0 Å². The molecule has 0 bridgehead atoms. The Morgan fingerprint density at radius 3 is 2.65 bits per heavy atom. The average molecular weight is 227 g/mol. The van der Waals surface area contributed by atoms with Crippen molar-refractivity contribution in [1.29, 1.82) is 0 Å². The van der Waals surface area contributed by atoms with Crippen LogP contribution in [0.3, 0.4) is 0 Å². The van der Waals surface area contributed by atoms with Crippen molar-refractivity contribution in [3.05, 3.63) is 42.0 Å². The van der Waals surface area contributed by atoms with E-state index in [0.29, 0.717) is 0 Å². The minimum atomic E-state index is 0.839. The van der Waals surface area contributed by atoms with Crippen molar-refractivity contribution < 1.29 is 4.74 Å². The molecule has 2 aromatic rings. The first-order valence-corrected chi connectivity index (χ1v) is 6.17. The SMILES string of the molecule is Cc1cc(N2CCOCC2)cc2ccccc12. The summed E-state index contributed by atoms with van der Waals surface area (Å²) in [5, 5.41) is 2.68. The van der Waals surface area contributed by atoms with Crippen molar-refractivity contribution in [2.45, 2.75) is 6.92 Å². The van der Waals surface area contributed by atoms with E-state index in [1.165, 1.54) is 22.0 Å². The van der Waals surface area contributed by atoms with E-state index >= 15 is 0 Å². The van der Waals surface area contributed by atoms with Gasteiger partial charge in [-0.15, -0.1) is 0 Å². The van der Waals surface area contributed by atoms with Gasteiger partial charge in [0.2, 0.25) is 0 Å². The first-order valence-electron chi connectivity index (χ1n) is 6.17. The highest BCUT2D eigenvalue weighted by molar-refractivity contribution is 5.89. The van der Waals surface area contributed by atoms with Gasteiger partial charge in [0.25, 0.3) is 0 Å². The van der Waals surface area contributed by atoms with E-state index < -0.39 is 0 Å². The lowest BCUT2D eigenvalue weighted by Gasteiger charge is -2.29. The number of nitrogens with zero attached hydrogens (tertiary/aromatic N) is 1. The Hall–Kier alpha value is -1.54.